The molecule has 5 nitrogen and oxygen atoms in total. The molecule has 0 fully saturated rings. The fourth-order valence-corrected chi connectivity index (χ4v) is 3.36. The summed E-state index contributed by atoms with van der Waals surface area (Å²) >= 11 is 1.54. The van der Waals surface area contributed by atoms with Gasteiger partial charge in [0.1, 0.15) is 15.6 Å². The van der Waals surface area contributed by atoms with E-state index >= 15 is 0 Å². The van der Waals surface area contributed by atoms with Crippen molar-refractivity contribution in [1.82, 2.24) is 4.98 Å². The molecule has 2 aromatic rings. The fourth-order valence-electron chi connectivity index (χ4n) is 1.77. The van der Waals surface area contributed by atoms with Crippen molar-refractivity contribution in [2.75, 3.05) is 30.5 Å². The molecule has 0 atom stereocenters. The minimum Gasteiger partial charge on any atom is -0.494 e. The summed E-state index contributed by atoms with van der Waals surface area (Å²) in [5.74, 6) is 1.03. The van der Waals surface area contributed by atoms with E-state index < -0.39 is 9.84 Å². The maximum Gasteiger partial charge on any atom is 0.183 e. The Morgan fingerprint density at radius 2 is 2.20 bits per heavy atom. The molecule has 1 aromatic carbocycles. The average Bonchev–Trinajstić information content (AvgIpc) is 2.76. The van der Waals surface area contributed by atoms with E-state index in [0.29, 0.717) is 19.6 Å². The van der Waals surface area contributed by atoms with Gasteiger partial charge >= 0.3 is 0 Å². The Hall–Kier alpha value is -1.34. The molecule has 0 amide bonds. The summed E-state index contributed by atoms with van der Waals surface area (Å²) in [7, 11) is -2.89. The van der Waals surface area contributed by atoms with Crippen LogP contribution in [-0.2, 0) is 9.84 Å². The summed E-state index contributed by atoms with van der Waals surface area (Å²) in [5.41, 5.74) is 0.920. The van der Waals surface area contributed by atoms with Crippen molar-refractivity contribution in [2.45, 2.75) is 13.3 Å². The van der Waals surface area contributed by atoms with Crippen LogP contribution in [0.15, 0.2) is 18.2 Å². The summed E-state index contributed by atoms with van der Waals surface area (Å²) in [6.07, 6.45) is 1.83. The molecular formula is C13H18N2O3S2. The van der Waals surface area contributed by atoms with Crippen LogP contribution in [0.5, 0.6) is 5.75 Å². The number of anilines is 1. The van der Waals surface area contributed by atoms with Gasteiger partial charge in [-0.15, -0.1) is 0 Å². The molecule has 0 unspecified atom stereocenters. The van der Waals surface area contributed by atoms with Crippen molar-refractivity contribution < 1.29 is 13.2 Å². The number of aromatic nitrogens is 1. The van der Waals surface area contributed by atoms with Crippen LogP contribution in [0.2, 0.25) is 0 Å². The molecule has 0 aliphatic heterocycles. The Balaban J connectivity index is 1.97. The van der Waals surface area contributed by atoms with E-state index in [1.165, 1.54) is 6.26 Å². The molecule has 0 radical (unpaired) electrons. The number of sulfone groups is 1. The quantitative estimate of drug-likeness (QED) is 0.795. The lowest BCUT2D eigenvalue weighted by Crippen LogP contribution is -2.09. The summed E-state index contributed by atoms with van der Waals surface area (Å²) in [5, 5.41) is 3.97. The standard InChI is InChI=1S/C13H18N2O3S2/c1-3-18-10-5-6-11-12(9-10)19-13(15-11)14-7-4-8-20(2,16)17/h5-6,9H,3-4,7-8H2,1-2H3,(H,14,15). The molecule has 0 saturated heterocycles. The molecule has 2 rings (SSSR count). The highest BCUT2D eigenvalue weighted by atomic mass is 32.2. The molecule has 0 aliphatic rings. The molecule has 110 valence electrons. The van der Waals surface area contributed by atoms with E-state index in [-0.39, 0.29) is 5.75 Å². The van der Waals surface area contributed by atoms with Gasteiger partial charge in [-0.25, -0.2) is 13.4 Å². The second kappa shape index (κ2) is 6.41. The Bertz CT molecular complexity index is 680. The Morgan fingerprint density at radius 1 is 1.40 bits per heavy atom. The Morgan fingerprint density at radius 3 is 2.90 bits per heavy atom. The van der Waals surface area contributed by atoms with Crippen LogP contribution in [0.1, 0.15) is 13.3 Å². The van der Waals surface area contributed by atoms with Gasteiger partial charge in [-0.05, 0) is 31.5 Å². The first-order valence-electron chi connectivity index (χ1n) is 6.43. The Kier molecular flexibility index (Phi) is 4.82. The van der Waals surface area contributed by atoms with Gasteiger partial charge in [0.05, 0.1) is 22.6 Å². The number of thiazole rings is 1. The first-order chi connectivity index (χ1) is 9.48. The number of nitrogens with zero attached hydrogens (tertiary/aromatic N) is 1. The van der Waals surface area contributed by atoms with Crippen LogP contribution in [-0.4, -0.2) is 38.6 Å². The van der Waals surface area contributed by atoms with Crippen molar-refractivity contribution in [2.24, 2.45) is 0 Å². The van der Waals surface area contributed by atoms with E-state index in [1.807, 2.05) is 25.1 Å². The monoisotopic (exact) mass is 314 g/mol. The van der Waals surface area contributed by atoms with E-state index in [4.69, 9.17) is 4.74 Å². The van der Waals surface area contributed by atoms with Crippen LogP contribution in [0.25, 0.3) is 10.2 Å². The highest BCUT2D eigenvalue weighted by Gasteiger charge is 2.06. The lowest BCUT2D eigenvalue weighted by molar-refractivity contribution is 0.341. The van der Waals surface area contributed by atoms with Crippen molar-refractivity contribution in [3.63, 3.8) is 0 Å². The van der Waals surface area contributed by atoms with E-state index in [9.17, 15) is 8.42 Å². The minimum absolute atomic E-state index is 0.194. The van der Waals surface area contributed by atoms with Gasteiger partial charge in [-0.1, -0.05) is 11.3 Å². The van der Waals surface area contributed by atoms with Crippen LogP contribution < -0.4 is 10.1 Å². The zero-order chi connectivity index (χ0) is 14.6. The smallest absolute Gasteiger partial charge is 0.183 e. The van der Waals surface area contributed by atoms with Crippen LogP contribution >= 0.6 is 11.3 Å². The first-order valence-corrected chi connectivity index (χ1v) is 9.30. The molecule has 20 heavy (non-hydrogen) atoms. The van der Waals surface area contributed by atoms with Gasteiger partial charge < -0.3 is 10.1 Å². The Labute approximate surface area is 122 Å². The summed E-state index contributed by atoms with van der Waals surface area (Å²) in [6, 6.07) is 5.80. The largest absolute Gasteiger partial charge is 0.494 e. The fraction of sp³-hybridized carbons (Fsp3) is 0.462. The van der Waals surface area contributed by atoms with E-state index in [1.54, 1.807) is 11.3 Å². The molecular weight excluding hydrogens is 296 g/mol. The van der Waals surface area contributed by atoms with E-state index in [2.05, 4.69) is 10.3 Å². The van der Waals surface area contributed by atoms with Crippen LogP contribution in [0.4, 0.5) is 5.13 Å². The van der Waals surface area contributed by atoms with E-state index in [0.717, 1.165) is 21.1 Å². The summed E-state index contributed by atoms with van der Waals surface area (Å²) < 4.78 is 28.6. The SMILES string of the molecule is CCOc1ccc2nc(NCCCS(C)(=O)=O)sc2c1. The highest BCUT2D eigenvalue weighted by molar-refractivity contribution is 7.90. The maximum atomic E-state index is 11.0. The van der Waals surface area contributed by atoms with Crippen molar-refractivity contribution >= 4 is 36.5 Å². The van der Waals surface area contributed by atoms with Gasteiger partial charge in [0.2, 0.25) is 0 Å². The zero-order valence-electron chi connectivity index (χ0n) is 11.5. The molecule has 0 bridgehead atoms. The van der Waals surface area contributed by atoms with Gasteiger partial charge in [-0.2, -0.15) is 0 Å². The highest BCUT2D eigenvalue weighted by Crippen LogP contribution is 2.29. The first kappa shape index (κ1) is 15.1. The molecule has 1 heterocycles. The van der Waals surface area contributed by atoms with Crippen molar-refractivity contribution in [1.29, 1.82) is 0 Å². The van der Waals surface area contributed by atoms with Crippen LogP contribution in [0, 0.1) is 0 Å². The summed E-state index contributed by atoms with van der Waals surface area (Å²) in [4.78, 5) is 4.45. The third-order valence-electron chi connectivity index (χ3n) is 2.64. The second-order valence-electron chi connectivity index (χ2n) is 4.49. The maximum absolute atomic E-state index is 11.0. The minimum atomic E-state index is -2.89. The molecule has 7 heteroatoms. The predicted molar refractivity (Wildman–Crippen MR) is 83.6 cm³/mol. The lowest BCUT2D eigenvalue weighted by atomic mass is 10.3. The number of ether oxygens (including phenoxy) is 1. The van der Waals surface area contributed by atoms with Gasteiger partial charge in [0, 0.05) is 12.8 Å². The van der Waals surface area contributed by atoms with Gasteiger partial charge in [0.25, 0.3) is 0 Å². The number of rotatable bonds is 7. The number of hydrogen-bond acceptors (Lipinski definition) is 6. The van der Waals surface area contributed by atoms with Gasteiger partial charge in [0.15, 0.2) is 5.13 Å². The van der Waals surface area contributed by atoms with Gasteiger partial charge in [-0.3, -0.25) is 0 Å². The third kappa shape index (κ3) is 4.35. The molecule has 1 N–H and O–H groups in total. The molecule has 1 aromatic heterocycles. The molecule has 0 aliphatic carbocycles. The number of fused-ring (bicyclic) bond motifs is 1. The number of hydrogen-bond donors (Lipinski definition) is 1. The summed E-state index contributed by atoms with van der Waals surface area (Å²) in [6.45, 7) is 3.19. The second-order valence-corrected chi connectivity index (χ2v) is 7.78. The van der Waals surface area contributed by atoms with Crippen LogP contribution in [0.3, 0.4) is 0 Å². The topological polar surface area (TPSA) is 68.3 Å². The normalized spacial score (nSPS) is 11.7. The number of benzene rings is 1. The average molecular weight is 314 g/mol. The van der Waals surface area contributed by atoms with Crippen molar-refractivity contribution in [3.05, 3.63) is 18.2 Å². The van der Waals surface area contributed by atoms with Crippen molar-refractivity contribution in [3.8, 4) is 5.75 Å². The molecule has 0 saturated carbocycles. The molecule has 0 spiro atoms. The zero-order valence-corrected chi connectivity index (χ0v) is 13.2. The third-order valence-corrected chi connectivity index (χ3v) is 4.65. The number of nitrogens with one attached hydrogen (secondary N) is 1. The lowest BCUT2D eigenvalue weighted by Gasteiger charge is -2.00. The predicted octanol–water partition coefficient (Wildman–Crippen LogP) is 2.54.